The summed E-state index contributed by atoms with van der Waals surface area (Å²) in [4.78, 5) is 15.9. The summed E-state index contributed by atoms with van der Waals surface area (Å²) in [7, 11) is 0. The van der Waals surface area contributed by atoms with Crippen molar-refractivity contribution in [3.05, 3.63) is 28.4 Å². The molecule has 1 unspecified atom stereocenters. The summed E-state index contributed by atoms with van der Waals surface area (Å²) in [6.45, 7) is 5.84. The number of nitro groups is 1. The van der Waals surface area contributed by atoms with Crippen LogP contribution in [0.4, 0.5) is 11.5 Å². The summed E-state index contributed by atoms with van der Waals surface area (Å²) in [5.41, 5.74) is 0.149. The molecule has 0 radical (unpaired) electrons. The van der Waals surface area contributed by atoms with Crippen LogP contribution in [0.3, 0.4) is 0 Å². The van der Waals surface area contributed by atoms with E-state index >= 15 is 0 Å². The Bertz CT molecular complexity index is 487. The molecule has 1 aromatic rings. The average molecular weight is 295 g/mol. The Labute approximate surface area is 123 Å². The van der Waals surface area contributed by atoms with Crippen LogP contribution in [-0.2, 0) is 4.74 Å². The largest absolute Gasteiger partial charge is 0.387 e. The smallest absolute Gasteiger partial charge is 0.363 e. The van der Waals surface area contributed by atoms with Gasteiger partial charge in [0, 0.05) is 19.2 Å². The van der Waals surface area contributed by atoms with E-state index in [0.29, 0.717) is 19.7 Å². The van der Waals surface area contributed by atoms with Crippen molar-refractivity contribution in [3.63, 3.8) is 0 Å². The van der Waals surface area contributed by atoms with Gasteiger partial charge < -0.3 is 24.9 Å². The first-order valence-electron chi connectivity index (χ1n) is 7.28. The van der Waals surface area contributed by atoms with E-state index in [-0.39, 0.29) is 11.9 Å². The Balaban J connectivity index is 0.000000774. The number of aromatic nitrogens is 1. The maximum Gasteiger partial charge on any atom is 0.363 e. The van der Waals surface area contributed by atoms with Crippen LogP contribution in [0.25, 0.3) is 0 Å². The first kappa shape index (κ1) is 15.7. The van der Waals surface area contributed by atoms with E-state index in [4.69, 9.17) is 4.74 Å². The summed E-state index contributed by atoms with van der Waals surface area (Å²) < 4.78 is 5.60. The van der Waals surface area contributed by atoms with Crippen LogP contribution in [0.2, 0.25) is 0 Å². The maximum absolute atomic E-state index is 10.6. The van der Waals surface area contributed by atoms with Crippen LogP contribution >= 0.6 is 0 Å². The molecule has 7 heteroatoms. The van der Waals surface area contributed by atoms with Crippen molar-refractivity contribution in [2.45, 2.75) is 38.4 Å². The Morgan fingerprint density at radius 3 is 2.71 bits per heavy atom. The third-order valence-corrected chi connectivity index (χ3v) is 3.71. The highest BCUT2D eigenvalue weighted by Gasteiger charge is 2.50. The van der Waals surface area contributed by atoms with Crippen molar-refractivity contribution in [2.24, 2.45) is 0 Å². The molecule has 21 heavy (non-hydrogen) atoms. The summed E-state index contributed by atoms with van der Waals surface area (Å²) in [6.07, 6.45) is 2.88. The van der Waals surface area contributed by atoms with Gasteiger partial charge in [-0.3, -0.25) is 0 Å². The SMILES string of the molecule is CC.O=[N+]([O-])c1ccc(N2CCOC(C3(O)CC3)C2)cn1. The van der Waals surface area contributed by atoms with Crippen LogP contribution in [0.15, 0.2) is 18.3 Å². The van der Waals surface area contributed by atoms with Gasteiger partial charge in [0.25, 0.3) is 0 Å². The van der Waals surface area contributed by atoms with Crippen LogP contribution < -0.4 is 4.90 Å². The van der Waals surface area contributed by atoms with E-state index in [2.05, 4.69) is 4.98 Å². The quantitative estimate of drug-likeness (QED) is 0.675. The summed E-state index contributed by atoms with van der Waals surface area (Å²) in [6, 6.07) is 3.08. The fourth-order valence-electron chi connectivity index (χ4n) is 2.33. The number of hydrogen-bond acceptors (Lipinski definition) is 6. The normalized spacial score (nSPS) is 23.0. The molecule has 3 rings (SSSR count). The predicted octanol–water partition coefficient (Wildman–Crippen LogP) is 1.75. The second-order valence-corrected chi connectivity index (χ2v) is 5.04. The number of aliphatic hydroxyl groups is 1. The van der Waals surface area contributed by atoms with Crippen LogP contribution in [0, 0.1) is 10.1 Å². The number of morpholine rings is 1. The number of rotatable bonds is 3. The molecule has 1 aliphatic heterocycles. The lowest BCUT2D eigenvalue weighted by atomic mass is 10.1. The van der Waals surface area contributed by atoms with Crippen LogP contribution in [-0.4, -0.2) is 46.4 Å². The van der Waals surface area contributed by atoms with Crippen molar-refractivity contribution in [1.29, 1.82) is 0 Å². The summed E-state index contributed by atoms with van der Waals surface area (Å²) in [5, 5.41) is 20.6. The fourth-order valence-corrected chi connectivity index (χ4v) is 2.33. The van der Waals surface area contributed by atoms with Gasteiger partial charge in [0.15, 0.2) is 6.20 Å². The zero-order chi connectivity index (χ0) is 15.5. The van der Waals surface area contributed by atoms with Gasteiger partial charge in [0.1, 0.15) is 6.10 Å². The monoisotopic (exact) mass is 295 g/mol. The number of pyridine rings is 1. The number of nitrogens with zero attached hydrogens (tertiary/aromatic N) is 3. The van der Waals surface area contributed by atoms with Crippen molar-refractivity contribution in [2.75, 3.05) is 24.6 Å². The Hall–Kier alpha value is -1.73. The molecule has 1 atom stereocenters. The summed E-state index contributed by atoms with van der Waals surface area (Å²) in [5.74, 6) is -0.158. The van der Waals surface area contributed by atoms with E-state index in [1.165, 1.54) is 12.3 Å². The zero-order valence-corrected chi connectivity index (χ0v) is 12.4. The standard InChI is InChI=1S/C12H15N3O4.C2H6/c16-12(3-4-12)10-8-14(5-6-19-10)9-1-2-11(13-7-9)15(17)18;1-2/h1-2,7,10,16H,3-6,8H2;1-2H3. The molecule has 116 valence electrons. The highest BCUT2D eigenvalue weighted by molar-refractivity contribution is 5.47. The fraction of sp³-hybridized carbons (Fsp3) is 0.643. The molecule has 1 aliphatic carbocycles. The first-order valence-corrected chi connectivity index (χ1v) is 7.28. The van der Waals surface area contributed by atoms with E-state index in [1.807, 2.05) is 18.7 Å². The molecule has 1 saturated carbocycles. The van der Waals surface area contributed by atoms with Gasteiger partial charge in [-0.05, 0) is 28.8 Å². The van der Waals surface area contributed by atoms with E-state index in [1.54, 1.807) is 6.07 Å². The molecule has 0 bridgehead atoms. The van der Waals surface area contributed by atoms with Gasteiger partial charge >= 0.3 is 5.82 Å². The van der Waals surface area contributed by atoms with Gasteiger partial charge in [-0.2, -0.15) is 0 Å². The van der Waals surface area contributed by atoms with E-state index in [9.17, 15) is 15.2 Å². The van der Waals surface area contributed by atoms with Crippen LogP contribution in [0.5, 0.6) is 0 Å². The Morgan fingerprint density at radius 2 is 2.19 bits per heavy atom. The lowest BCUT2D eigenvalue weighted by Gasteiger charge is -2.36. The van der Waals surface area contributed by atoms with Gasteiger partial charge in [-0.15, -0.1) is 0 Å². The van der Waals surface area contributed by atoms with Crippen molar-refractivity contribution < 1.29 is 14.8 Å². The van der Waals surface area contributed by atoms with Crippen LogP contribution in [0.1, 0.15) is 26.7 Å². The zero-order valence-electron chi connectivity index (χ0n) is 12.4. The molecule has 1 saturated heterocycles. The highest BCUT2D eigenvalue weighted by atomic mass is 16.6. The average Bonchev–Trinajstić information content (AvgIpc) is 3.29. The predicted molar refractivity (Wildman–Crippen MR) is 78.4 cm³/mol. The molecule has 1 aromatic heterocycles. The molecule has 7 nitrogen and oxygen atoms in total. The molecule has 1 N–H and O–H groups in total. The third-order valence-electron chi connectivity index (χ3n) is 3.71. The Kier molecular flexibility index (Phi) is 4.74. The molecule has 0 spiro atoms. The van der Waals surface area contributed by atoms with Crippen molar-refractivity contribution in [3.8, 4) is 0 Å². The Morgan fingerprint density at radius 1 is 1.48 bits per heavy atom. The van der Waals surface area contributed by atoms with Crippen molar-refractivity contribution >= 4 is 11.5 Å². The molecular weight excluding hydrogens is 274 g/mol. The summed E-state index contributed by atoms with van der Waals surface area (Å²) >= 11 is 0. The molecular formula is C14H21N3O4. The molecule has 2 heterocycles. The van der Waals surface area contributed by atoms with Gasteiger partial charge in [-0.1, -0.05) is 13.8 Å². The van der Waals surface area contributed by atoms with Gasteiger partial charge in [0.2, 0.25) is 0 Å². The minimum absolute atomic E-state index is 0.158. The molecule has 0 amide bonds. The number of ether oxygens (including phenoxy) is 1. The number of hydrogen-bond donors (Lipinski definition) is 1. The van der Waals surface area contributed by atoms with Gasteiger partial charge in [0.05, 0.1) is 17.9 Å². The second kappa shape index (κ2) is 6.36. The molecule has 2 fully saturated rings. The molecule has 2 aliphatic rings. The van der Waals surface area contributed by atoms with E-state index in [0.717, 1.165) is 18.5 Å². The minimum atomic E-state index is -0.674. The van der Waals surface area contributed by atoms with Crippen molar-refractivity contribution in [1.82, 2.24) is 4.98 Å². The molecule has 0 aromatic carbocycles. The number of anilines is 1. The second-order valence-electron chi connectivity index (χ2n) is 5.04. The maximum atomic E-state index is 10.6. The van der Waals surface area contributed by atoms with E-state index < -0.39 is 10.5 Å². The first-order chi connectivity index (χ1) is 10.1. The third kappa shape index (κ3) is 3.48. The van der Waals surface area contributed by atoms with Gasteiger partial charge in [-0.25, -0.2) is 0 Å². The lowest BCUT2D eigenvalue weighted by Crippen LogP contribution is -2.48. The lowest BCUT2D eigenvalue weighted by molar-refractivity contribution is -0.389. The highest BCUT2D eigenvalue weighted by Crippen LogP contribution is 2.41. The topological polar surface area (TPSA) is 88.7 Å². The minimum Gasteiger partial charge on any atom is -0.387 e.